The zero-order chi connectivity index (χ0) is 15.5. The van der Waals surface area contributed by atoms with Crippen molar-refractivity contribution in [3.05, 3.63) is 47.1 Å². The van der Waals surface area contributed by atoms with Crippen molar-refractivity contribution in [2.24, 2.45) is 5.41 Å². The summed E-state index contributed by atoms with van der Waals surface area (Å²) in [6.07, 6.45) is 16.7. The fourth-order valence-corrected chi connectivity index (χ4v) is 3.53. The first-order valence-corrected chi connectivity index (χ1v) is 8.21. The molecular weight excluding hydrogens is 375 g/mol. The van der Waals surface area contributed by atoms with Gasteiger partial charge >= 0.3 is 21.7 Å². The molecule has 0 bridgehead atoms. The zero-order valence-corrected chi connectivity index (χ0v) is 18.6. The van der Waals surface area contributed by atoms with Gasteiger partial charge in [-0.15, -0.1) is 6.42 Å². The van der Waals surface area contributed by atoms with E-state index < -0.39 is 0 Å². The van der Waals surface area contributed by atoms with E-state index in [0.717, 1.165) is 25.9 Å². The van der Waals surface area contributed by atoms with E-state index in [2.05, 4.69) is 65.0 Å². The Hall–Kier alpha value is 0.214. The molecule has 0 fully saturated rings. The van der Waals surface area contributed by atoms with Crippen molar-refractivity contribution in [1.29, 1.82) is 0 Å². The molecule has 133 valence electrons. The van der Waals surface area contributed by atoms with Crippen molar-refractivity contribution in [1.82, 2.24) is 0 Å². The van der Waals surface area contributed by atoms with Crippen LogP contribution in [0.15, 0.2) is 41.0 Å². The van der Waals surface area contributed by atoms with Crippen molar-refractivity contribution in [3.8, 4) is 0 Å². The average molecular weight is 404 g/mol. The van der Waals surface area contributed by atoms with Gasteiger partial charge in [0, 0.05) is 6.61 Å². The van der Waals surface area contributed by atoms with E-state index in [0.29, 0.717) is 0 Å². The Kier molecular flexibility index (Phi) is 12.2. The molecule has 2 aliphatic rings. The summed E-state index contributed by atoms with van der Waals surface area (Å²) >= 11 is 0. The Morgan fingerprint density at radius 2 is 1.92 bits per heavy atom. The first kappa shape index (κ1) is 26.4. The molecular formula is C20H29Cl2OTi. The summed E-state index contributed by atoms with van der Waals surface area (Å²) in [6.45, 7) is 12.1. The monoisotopic (exact) mass is 403 g/mol. The molecule has 2 aliphatic carbocycles. The van der Waals surface area contributed by atoms with Gasteiger partial charge in [-0.2, -0.15) is 6.08 Å². The maximum atomic E-state index is 6.54. The van der Waals surface area contributed by atoms with E-state index in [1.165, 1.54) is 23.1 Å². The molecule has 0 amide bonds. The molecule has 0 aromatic heterocycles. The summed E-state index contributed by atoms with van der Waals surface area (Å²) < 4.78 is 6.54. The first-order chi connectivity index (χ1) is 9.94. The smallest absolute Gasteiger partial charge is 1.00 e. The number of ether oxygens (including phenoxy) is 1. The van der Waals surface area contributed by atoms with E-state index in [-0.39, 0.29) is 57.5 Å². The van der Waals surface area contributed by atoms with Crippen molar-refractivity contribution in [2.75, 3.05) is 6.61 Å². The van der Waals surface area contributed by atoms with Crippen molar-refractivity contribution >= 4 is 0 Å². The van der Waals surface area contributed by atoms with Crippen molar-refractivity contribution < 1.29 is 51.3 Å². The molecule has 1 radical (unpaired) electrons. The van der Waals surface area contributed by atoms with Crippen LogP contribution in [0.3, 0.4) is 0 Å². The maximum Gasteiger partial charge on any atom is 3.00 e. The Morgan fingerprint density at radius 3 is 2.42 bits per heavy atom. The summed E-state index contributed by atoms with van der Waals surface area (Å²) in [6, 6.07) is 0. The quantitative estimate of drug-likeness (QED) is 0.332. The second-order valence-corrected chi connectivity index (χ2v) is 6.83. The van der Waals surface area contributed by atoms with Crippen LogP contribution in [0.5, 0.6) is 0 Å². The van der Waals surface area contributed by atoms with E-state index in [1.54, 1.807) is 0 Å². The van der Waals surface area contributed by atoms with Gasteiger partial charge in [-0.25, -0.2) is 11.6 Å². The molecule has 0 aromatic rings. The molecule has 0 aromatic carbocycles. The van der Waals surface area contributed by atoms with Gasteiger partial charge in [-0.3, -0.25) is 6.08 Å². The van der Waals surface area contributed by atoms with E-state index in [9.17, 15) is 0 Å². The largest absolute Gasteiger partial charge is 3.00 e. The zero-order valence-electron chi connectivity index (χ0n) is 15.5. The predicted octanol–water partition coefficient (Wildman–Crippen LogP) is -0.441. The van der Waals surface area contributed by atoms with Gasteiger partial charge in [0.1, 0.15) is 0 Å². The Bertz CT molecular complexity index is 518. The molecule has 0 N–H and O–H groups in total. The summed E-state index contributed by atoms with van der Waals surface area (Å²) in [7, 11) is 0. The summed E-state index contributed by atoms with van der Waals surface area (Å²) in [4.78, 5) is 0. The average Bonchev–Trinajstić information content (AvgIpc) is 2.96. The van der Waals surface area contributed by atoms with Crippen LogP contribution in [0.2, 0.25) is 0 Å². The van der Waals surface area contributed by atoms with Crippen LogP contribution in [0.25, 0.3) is 0 Å². The molecule has 0 heterocycles. The normalized spacial score (nSPS) is 22.5. The number of hydrogen-bond acceptors (Lipinski definition) is 1. The Balaban J connectivity index is 0. The molecule has 1 unspecified atom stereocenters. The van der Waals surface area contributed by atoms with Gasteiger partial charge in [-0.05, 0) is 37.7 Å². The maximum absolute atomic E-state index is 6.54. The molecule has 1 atom stereocenters. The molecule has 4 heteroatoms. The number of allylic oxidation sites excluding steroid dienone is 5. The molecule has 0 spiro atoms. The first-order valence-electron chi connectivity index (χ1n) is 8.21. The van der Waals surface area contributed by atoms with Crippen LogP contribution < -0.4 is 24.8 Å². The SMILES string of the molecule is CCCCOC1(C(C)(C)C2=[C-]CC=C2)CC=C(C)C=C1C.[Cl-].[Cl-].[Ti+3]. The third-order valence-corrected chi connectivity index (χ3v) is 5.02. The van der Waals surface area contributed by atoms with Crippen LogP contribution in [-0.4, -0.2) is 12.2 Å². The van der Waals surface area contributed by atoms with Crippen LogP contribution in [-0.2, 0) is 26.5 Å². The summed E-state index contributed by atoms with van der Waals surface area (Å²) in [5.41, 5.74) is 3.68. The van der Waals surface area contributed by atoms with Crippen LogP contribution in [0.1, 0.15) is 60.3 Å². The molecule has 1 nitrogen and oxygen atoms in total. The molecule has 2 rings (SSSR count). The van der Waals surface area contributed by atoms with Crippen molar-refractivity contribution in [2.45, 2.75) is 65.9 Å². The predicted molar refractivity (Wildman–Crippen MR) is 90.0 cm³/mol. The number of unbranched alkanes of at least 4 members (excludes halogenated alkanes) is 1. The van der Waals surface area contributed by atoms with E-state index in [1.807, 2.05) is 0 Å². The second-order valence-electron chi connectivity index (χ2n) is 6.83. The van der Waals surface area contributed by atoms with Gasteiger partial charge in [0.15, 0.2) is 0 Å². The van der Waals surface area contributed by atoms with Crippen LogP contribution in [0, 0.1) is 11.5 Å². The van der Waals surface area contributed by atoms with Gasteiger partial charge in [-0.1, -0.05) is 44.9 Å². The number of halogens is 2. The van der Waals surface area contributed by atoms with Gasteiger partial charge in [0.2, 0.25) is 0 Å². The molecule has 0 saturated heterocycles. The summed E-state index contributed by atoms with van der Waals surface area (Å²) in [5.74, 6) is 0. The van der Waals surface area contributed by atoms with Crippen LogP contribution in [0.4, 0.5) is 0 Å². The minimum atomic E-state index is -0.237. The van der Waals surface area contributed by atoms with Crippen LogP contribution >= 0.6 is 0 Å². The second kappa shape index (κ2) is 11.0. The third kappa shape index (κ3) is 5.11. The fourth-order valence-electron chi connectivity index (χ4n) is 3.53. The molecule has 24 heavy (non-hydrogen) atoms. The molecule has 0 aliphatic heterocycles. The standard InChI is InChI=1S/C20H29O.2ClH.Ti/c1-6-7-14-21-20(13-12-16(2)15-17(20)3)19(4,5)18-10-8-9-11-18;;;/h8,10,12,15H,6-7,9,13-14H2,1-5H3;2*1H;/q-1;;;+3/p-2. The van der Waals surface area contributed by atoms with E-state index in [4.69, 9.17) is 4.74 Å². The fraction of sp³-hybridized carbons (Fsp3) is 0.600. The van der Waals surface area contributed by atoms with E-state index >= 15 is 0 Å². The van der Waals surface area contributed by atoms with Gasteiger partial charge in [0.25, 0.3) is 0 Å². The number of rotatable bonds is 6. The minimum Gasteiger partial charge on any atom is -1.00 e. The third-order valence-electron chi connectivity index (χ3n) is 5.02. The number of hydrogen-bond donors (Lipinski definition) is 0. The van der Waals surface area contributed by atoms with Crippen molar-refractivity contribution in [3.63, 3.8) is 0 Å². The Labute approximate surface area is 175 Å². The van der Waals surface area contributed by atoms with Gasteiger partial charge < -0.3 is 29.6 Å². The Morgan fingerprint density at radius 1 is 1.25 bits per heavy atom. The topological polar surface area (TPSA) is 9.23 Å². The van der Waals surface area contributed by atoms with Gasteiger partial charge in [0.05, 0.1) is 5.60 Å². The summed E-state index contributed by atoms with van der Waals surface area (Å²) in [5, 5.41) is 0. The molecule has 0 saturated carbocycles. The minimum absolute atomic E-state index is 0.